The average Bonchev–Trinajstić information content (AvgIpc) is 2.70. The van der Waals surface area contributed by atoms with Gasteiger partial charge in [0.2, 0.25) is 6.10 Å². The third-order valence-electron chi connectivity index (χ3n) is 4.35. The molecule has 28 heavy (non-hydrogen) atoms. The van der Waals surface area contributed by atoms with Crippen molar-refractivity contribution in [1.29, 1.82) is 0 Å². The number of hydrogen-bond acceptors (Lipinski definition) is 7. The maximum Gasteiger partial charge on any atom is 0.351 e. The lowest BCUT2D eigenvalue weighted by Crippen LogP contribution is -2.44. The van der Waals surface area contributed by atoms with E-state index < -0.39 is 30.6 Å². The van der Waals surface area contributed by atoms with E-state index in [0.29, 0.717) is 22.9 Å². The molecule has 0 bridgehead atoms. The van der Waals surface area contributed by atoms with Gasteiger partial charge in [-0.05, 0) is 37.3 Å². The molecule has 0 aliphatic carbocycles. The molecule has 2 aromatic rings. The molecule has 2 aliphatic rings. The van der Waals surface area contributed by atoms with Crippen molar-refractivity contribution in [2.75, 3.05) is 18.5 Å². The number of anilines is 1. The minimum atomic E-state index is -0.973. The summed E-state index contributed by atoms with van der Waals surface area (Å²) >= 11 is 0. The van der Waals surface area contributed by atoms with Crippen molar-refractivity contribution in [2.24, 2.45) is 0 Å². The number of nitrogens with one attached hydrogen (secondary N) is 1. The van der Waals surface area contributed by atoms with Crippen LogP contribution in [0.3, 0.4) is 0 Å². The Morgan fingerprint density at radius 1 is 1.11 bits per heavy atom. The summed E-state index contributed by atoms with van der Waals surface area (Å²) in [5.74, 6) is 0.0686. The summed E-state index contributed by atoms with van der Waals surface area (Å²) in [6.45, 7) is 1.17. The Labute approximate surface area is 160 Å². The van der Waals surface area contributed by atoms with Crippen LogP contribution in [0.4, 0.5) is 5.69 Å². The third-order valence-corrected chi connectivity index (χ3v) is 4.35. The molecule has 0 spiro atoms. The van der Waals surface area contributed by atoms with E-state index >= 15 is 0 Å². The Morgan fingerprint density at radius 2 is 1.86 bits per heavy atom. The Kier molecular flexibility index (Phi) is 4.60. The molecule has 8 nitrogen and oxygen atoms in total. The first-order valence-electron chi connectivity index (χ1n) is 8.70. The fraction of sp³-hybridized carbons (Fsp3) is 0.250. The van der Waals surface area contributed by atoms with Gasteiger partial charge in [-0.15, -0.1) is 0 Å². The smallest absolute Gasteiger partial charge is 0.351 e. The lowest BCUT2D eigenvalue weighted by Gasteiger charge is -2.30. The van der Waals surface area contributed by atoms with Crippen LogP contribution in [0.25, 0.3) is 0 Å². The van der Waals surface area contributed by atoms with Crippen molar-refractivity contribution in [1.82, 2.24) is 0 Å². The summed E-state index contributed by atoms with van der Waals surface area (Å²) < 4.78 is 21.7. The minimum Gasteiger partial charge on any atom is -0.482 e. The summed E-state index contributed by atoms with van der Waals surface area (Å²) in [5.41, 5.74) is 0.694. The number of amides is 1. The van der Waals surface area contributed by atoms with Gasteiger partial charge in [-0.25, -0.2) is 4.79 Å². The van der Waals surface area contributed by atoms with Gasteiger partial charge in [-0.2, -0.15) is 0 Å². The second-order valence-corrected chi connectivity index (χ2v) is 6.39. The number of ether oxygens (including phenoxy) is 4. The number of para-hydroxylation sites is 2. The third kappa shape index (κ3) is 3.48. The number of rotatable bonds is 4. The zero-order valence-corrected chi connectivity index (χ0v) is 15.0. The van der Waals surface area contributed by atoms with Crippen LogP contribution in [0, 0.1) is 0 Å². The van der Waals surface area contributed by atoms with Crippen LogP contribution in [0.1, 0.15) is 17.3 Å². The molecule has 1 amide bonds. The van der Waals surface area contributed by atoms with Crippen molar-refractivity contribution in [3.8, 4) is 17.2 Å². The molecule has 0 radical (unpaired) electrons. The summed E-state index contributed by atoms with van der Waals surface area (Å²) in [6, 6.07) is 11.6. The average molecular weight is 383 g/mol. The molecule has 2 aliphatic heterocycles. The zero-order valence-electron chi connectivity index (χ0n) is 15.0. The van der Waals surface area contributed by atoms with Crippen LogP contribution in [0.5, 0.6) is 17.2 Å². The number of benzene rings is 2. The largest absolute Gasteiger partial charge is 0.482 e. The molecule has 0 aromatic heterocycles. The SMILES string of the molecule is CC1Oc2ccccc2OC1C(=O)OCC(=O)c1ccc2c(c1)NC(=O)CO2. The number of fused-ring (bicyclic) bond motifs is 2. The fourth-order valence-corrected chi connectivity index (χ4v) is 2.94. The molecular weight excluding hydrogens is 366 g/mol. The molecule has 2 unspecified atom stereocenters. The maximum absolute atomic E-state index is 12.4. The van der Waals surface area contributed by atoms with E-state index in [1.165, 1.54) is 6.07 Å². The topological polar surface area (TPSA) is 100 Å². The van der Waals surface area contributed by atoms with Crippen LogP contribution in [0.15, 0.2) is 42.5 Å². The second kappa shape index (κ2) is 7.22. The van der Waals surface area contributed by atoms with Gasteiger partial charge in [-0.3, -0.25) is 9.59 Å². The van der Waals surface area contributed by atoms with E-state index in [1.54, 1.807) is 43.3 Å². The summed E-state index contributed by atoms with van der Waals surface area (Å²) in [7, 11) is 0. The Morgan fingerprint density at radius 3 is 2.64 bits per heavy atom. The lowest BCUT2D eigenvalue weighted by atomic mass is 10.1. The standard InChI is InChI=1S/C20H17NO7/c1-11-19(28-17-5-3-2-4-16(17)27-11)20(24)26-9-14(22)12-6-7-15-13(8-12)21-18(23)10-25-15/h2-8,11,19H,9-10H2,1H3,(H,21,23). The van der Waals surface area contributed by atoms with Crippen LogP contribution in [0.2, 0.25) is 0 Å². The number of Topliss-reactive ketones (excluding diaryl/α,β-unsaturated/α-hetero) is 1. The van der Waals surface area contributed by atoms with Crippen molar-refractivity contribution < 1.29 is 33.3 Å². The van der Waals surface area contributed by atoms with E-state index in [-0.39, 0.29) is 18.1 Å². The molecule has 2 atom stereocenters. The van der Waals surface area contributed by atoms with E-state index in [4.69, 9.17) is 18.9 Å². The molecule has 2 heterocycles. The van der Waals surface area contributed by atoms with Crippen LogP contribution in [-0.2, 0) is 14.3 Å². The van der Waals surface area contributed by atoms with Crippen molar-refractivity contribution in [3.05, 3.63) is 48.0 Å². The van der Waals surface area contributed by atoms with Gasteiger partial charge in [0.25, 0.3) is 5.91 Å². The summed E-state index contributed by atoms with van der Waals surface area (Å²) in [5, 5.41) is 2.63. The first-order chi connectivity index (χ1) is 13.5. The number of esters is 1. The molecular formula is C20H17NO7. The van der Waals surface area contributed by atoms with Crippen molar-refractivity contribution in [3.63, 3.8) is 0 Å². The number of ketones is 1. The second-order valence-electron chi connectivity index (χ2n) is 6.39. The molecule has 144 valence electrons. The molecule has 4 rings (SSSR count). The van der Waals surface area contributed by atoms with Gasteiger partial charge in [0.1, 0.15) is 11.9 Å². The lowest BCUT2D eigenvalue weighted by molar-refractivity contribution is -0.156. The van der Waals surface area contributed by atoms with Crippen LogP contribution >= 0.6 is 0 Å². The Hall–Kier alpha value is -3.55. The van der Waals surface area contributed by atoms with Gasteiger partial charge in [-0.1, -0.05) is 12.1 Å². The number of carbonyl (C=O) groups is 3. The molecule has 0 fully saturated rings. The molecule has 2 aromatic carbocycles. The highest BCUT2D eigenvalue weighted by Gasteiger charge is 2.35. The van der Waals surface area contributed by atoms with Crippen LogP contribution in [-0.4, -0.2) is 43.1 Å². The van der Waals surface area contributed by atoms with E-state index in [1.807, 2.05) is 0 Å². The monoisotopic (exact) mass is 383 g/mol. The quantitative estimate of drug-likeness (QED) is 0.636. The van der Waals surface area contributed by atoms with E-state index in [2.05, 4.69) is 5.32 Å². The summed E-state index contributed by atoms with van der Waals surface area (Å²) in [6.07, 6.45) is -1.53. The van der Waals surface area contributed by atoms with Crippen molar-refractivity contribution >= 4 is 23.3 Å². The Balaban J connectivity index is 1.39. The zero-order chi connectivity index (χ0) is 19.7. The molecule has 1 N–H and O–H groups in total. The van der Waals surface area contributed by atoms with Gasteiger partial charge < -0.3 is 24.3 Å². The number of carbonyl (C=O) groups excluding carboxylic acids is 3. The fourth-order valence-electron chi connectivity index (χ4n) is 2.94. The highest BCUT2D eigenvalue weighted by molar-refractivity contribution is 6.01. The first-order valence-corrected chi connectivity index (χ1v) is 8.70. The molecule has 8 heteroatoms. The first kappa shape index (κ1) is 17.8. The predicted molar refractivity (Wildman–Crippen MR) is 96.8 cm³/mol. The van der Waals surface area contributed by atoms with Crippen LogP contribution < -0.4 is 19.5 Å². The van der Waals surface area contributed by atoms with Gasteiger partial charge in [0.15, 0.2) is 30.5 Å². The van der Waals surface area contributed by atoms with Gasteiger partial charge >= 0.3 is 5.97 Å². The number of hydrogen-bond donors (Lipinski definition) is 1. The predicted octanol–water partition coefficient (Wildman–Crippen LogP) is 1.97. The highest BCUT2D eigenvalue weighted by atomic mass is 16.6. The minimum absolute atomic E-state index is 0.0668. The maximum atomic E-state index is 12.4. The van der Waals surface area contributed by atoms with E-state index in [9.17, 15) is 14.4 Å². The molecule has 0 saturated heterocycles. The molecule has 0 saturated carbocycles. The Bertz CT molecular complexity index is 955. The van der Waals surface area contributed by atoms with Crippen molar-refractivity contribution in [2.45, 2.75) is 19.1 Å². The summed E-state index contributed by atoms with van der Waals surface area (Å²) in [4.78, 5) is 36.1. The van der Waals surface area contributed by atoms with Gasteiger partial charge in [0, 0.05) is 5.56 Å². The van der Waals surface area contributed by atoms with Gasteiger partial charge in [0.05, 0.1) is 5.69 Å². The normalized spacial score (nSPS) is 19.7. The van der Waals surface area contributed by atoms with E-state index in [0.717, 1.165) is 0 Å². The highest BCUT2D eigenvalue weighted by Crippen LogP contribution is 2.33.